The van der Waals surface area contributed by atoms with Crippen molar-refractivity contribution in [3.05, 3.63) is 0 Å². The van der Waals surface area contributed by atoms with Crippen LogP contribution in [0.1, 0.15) is 46.5 Å². The fourth-order valence-electron chi connectivity index (χ4n) is 2.36. The van der Waals surface area contributed by atoms with Crippen molar-refractivity contribution in [3.8, 4) is 0 Å². The van der Waals surface area contributed by atoms with Crippen molar-refractivity contribution in [2.24, 2.45) is 11.8 Å². The summed E-state index contributed by atoms with van der Waals surface area (Å²) in [4.78, 5) is 0. The molecule has 0 heterocycles. The van der Waals surface area contributed by atoms with E-state index >= 15 is 0 Å². The second kappa shape index (κ2) is 5.72. The second-order valence-electron chi connectivity index (χ2n) is 5.12. The third-order valence-electron chi connectivity index (χ3n) is 3.36. The summed E-state index contributed by atoms with van der Waals surface area (Å²) in [6, 6.07) is 0.644. The van der Waals surface area contributed by atoms with Crippen LogP contribution in [0.3, 0.4) is 0 Å². The first-order valence-electron chi connectivity index (χ1n) is 6.01. The molecule has 1 rings (SSSR count). The van der Waals surface area contributed by atoms with Gasteiger partial charge in [0.1, 0.15) is 0 Å². The van der Waals surface area contributed by atoms with Gasteiger partial charge in [-0.3, -0.25) is 0 Å². The Hall–Kier alpha value is -0.0800. The summed E-state index contributed by atoms with van der Waals surface area (Å²) in [6.45, 7) is 7.23. The largest absolute Gasteiger partial charge is 0.392 e. The molecular weight excluding hydrogens is 174 g/mol. The molecule has 0 spiro atoms. The Bertz CT molecular complexity index is 156. The molecule has 0 aromatic rings. The van der Waals surface area contributed by atoms with Crippen molar-refractivity contribution in [3.63, 3.8) is 0 Å². The highest BCUT2D eigenvalue weighted by Crippen LogP contribution is 2.29. The first-order chi connectivity index (χ1) is 6.59. The lowest BCUT2D eigenvalue weighted by molar-refractivity contribution is 0.169. The van der Waals surface area contributed by atoms with Gasteiger partial charge in [0.05, 0.1) is 6.10 Å². The zero-order valence-corrected chi connectivity index (χ0v) is 9.79. The van der Waals surface area contributed by atoms with Gasteiger partial charge in [-0.05, 0) is 31.6 Å². The molecule has 84 valence electrons. The monoisotopic (exact) mass is 199 g/mol. The van der Waals surface area contributed by atoms with Crippen LogP contribution in [0, 0.1) is 11.8 Å². The number of aliphatic hydroxyl groups excluding tert-OH is 1. The Morgan fingerprint density at radius 2 is 2.00 bits per heavy atom. The average Bonchev–Trinajstić information content (AvgIpc) is 2.15. The highest BCUT2D eigenvalue weighted by molar-refractivity contribution is 4.79. The summed E-state index contributed by atoms with van der Waals surface area (Å²) in [5, 5.41) is 12.7. The zero-order valence-electron chi connectivity index (χ0n) is 9.79. The molecule has 1 aliphatic rings. The van der Waals surface area contributed by atoms with Crippen LogP contribution < -0.4 is 5.32 Å². The molecule has 3 unspecified atom stereocenters. The maximum atomic E-state index is 9.20. The van der Waals surface area contributed by atoms with Gasteiger partial charge in [-0.2, -0.15) is 0 Å². The zero-order chi connectivity index (χ0) is 10.6. The van der Waals surface area contributed by atoms with Gasteiger partial charge in [0.2, 0.25) is 0 Å². The van der Waals surface area contributed by atoms with Gasteiger partial charge in [0.25, 0.3) is 0 Å². The summed E-state index contributed by atoms with van der Waals surface area (Å²) in [7, 11) is 0. The maximum Gasteiger partial charge on any atom is 0.0636 e. The van der Waals surface area contributed by atoms with Crippen LogP contribution in [0.25, 0.3) is 0 Å². The van der Waals surface area contributed by atoms with Gasteiger partial charge < -0.3 is 10.4 Å². The van der Waals surface area contributed by atoms with Crippen LogP contribution in [-0.4, -0.2) is 23.8 Å². The van der Waals surface area contributed by atoms with Gasteiger partial charge in [0.15, 0.2) is 0 Å². The number of hydrogen-bond donors (Lipinski definition) is 2. The topological polar surface area (TPSA) is 32.3 Å². The van der Waals surface area contributed by atoms with Gasteiger partial charge >= 0.3 is 0 Å². The summed E-state index contributed by atoms with van der Waals surface area (Å²) in [5.74, 6) is 1.70. The van der Waals surface area contributed by atoms with E-state index in [0.717, 1.165) is 18.4 Å². The number of hydrogen-bond acceptors (Lipinski definition) is 2. The number of aliphatic hydroxyl groups is 1. The van der Waals surface area contributed by atoms with Gasteiger partial charge in [-0.25, -0.2) is 0 Å². The van der Waals surface area contributed by atoms with Gasteiger partial charge in [0, 0.05) is 12.6 Å². The van der Waals surface area contributed by atoms with E-state index in [9.17, 15) is 5.11 Å². The molecule has 1 fully saturated rings. The van der Waals surface area contributed by atoms with Gasteiger partial charge in [-0.15, -0.1) is 0 Å². The van der Waals surface area contributed by atoms with E-state index in [4.69, 9.17) is 0 Å². The Labute approximate surface area is 88.1 Å². The lowest BCUT2D eigenvalue weighted by atomic mass is 9.79. The highest BCUT2D eigenvalue weighted by atomic mass is 16.3. The van der Waals surface area contributed by atoms with E-state index < -0.39 is 0 Å². The van der Waals surface area contributed by atoms with Crippen molar-refractivity contribution in [2.45, 2.75) is 58.6 Å². The van der Waals surface area contributed by atoms with Crippen LogP contribution in [0.5, 0.6) is 0 Å². The molecule has 3 atom stereocenters. The predicted octanol–water partition coefficient (Wildman–Crippen LogP) is 2.17. The van der Waals surface area contributed by atoms with E-state index in [0.29, 0.717) is 6.04 Å². The van der Waals surface area contributed by atoms with E-state index in [-0.39, 0.29) is 6.10 Å². The normalized spacial score (nSPS) is 30.6. The molecule has 0 aromatic heterocycles. The van der Waals surface area contributed by atoms with Crippen molar-refractivity contribution in [1.29, 1.82) is 0 Å². The van der Waals surface area contributed by atoms with Crippen LogP contribution in [-0.2, 0) is 0 Å². The minimum Gasteiger partial charge on any atom is -0.392 e. The van der Waals surface area contributed by atoms with Crippen molar-refractivity contribution in [1.82, 2.24) is 5.32 Å². The standard InChI is InChI=1S/C12H25NO/c1-9(2)11-5-4-6-12(7-11)13-8-10(3)14/h9-14H,4-8H2,1-3H3. The molecule has 0 radical (unpaired) electrons. The molecule has 0 aliphatic heterocycles. The summed E-state index contributed by atoms with van der Waals surface area (Å²) in [5.41, 5.74) is 0. The predicted molar refractivity (Wildman–Crippen MR) is 60.3 cm³/mol. The van der Waals surface area contributed by atoms with Crippen molar-refractivity contribution < 1.29 is 5.11 Å². The lowest BCUT2D eigenvalue weighted by Gasteiger charge is -2.32. The third-order valence-corrected chi connectivity index (χ3v) is 3.36. The Kier molecular flexibility index (Phi) is 4.90. The van der Waals surface area contributed by atoms with E-state index in [2.05, 4.69) is 19.2 Å². The van der Waals surface area contributed by atoms with E-state index in [1.807, 2.05) is 6.92 Å². The van der Waals surface area contributed by atoms with Crippen molar-refractivity contribution >= 4 is 0 Å². The SMILES string of the molecule is CC(O)CNC1CCCC(C(C)C)C1. The summed E-state index contributed by atoms with van der Waals surface area (Å²) >= 11 is 0. The molecule has 1 saturated carbocycles. The molecule has 14 heavy (non-hydrogen) atoms. The van der Waals surface area contributed by atoms with E-state index in [1.165, 1.54) is 25.7 Å². The Morgan fingerprint density at radius 1 is 1.29 bits per heavy atom. The minimum absolute atomic E-state index is 0.213. The number of rotatable bonds is 4. The molecule has 1 aliphatic carbocycles. The number of nitrogens with one attached hydrogen (secondary N) is 1. The summed E-state index contributed by atoms with van der Waals surface area (Å²) < 4.78 is 0. The molecule has 0 aromatic carbocycles. The third kappa shape index (κ3) is 3.97. The smallest absolute Gasteiger partial charge is 0.0636 e. The molecule has 2 N–H and O–H groups in total. The van der Waals surface area contributed by atoms with Gasteiger partial charge in [-0.1, -0.05) is 26.7 Å². The molecule has 2 nitrogen and oxygen atoms in total. The first-order valence-corrected chi connectivity index (χ1v) is 6.01. The minimum atomic E-state index is -0.213. The van der Waals surface area contributed by atoms with Crippen LogP contribution >= 0.6 is 0 Å². The second-order valence-corrected chi connectivity index (χ2v) is 5.12. The molecule has 0 amide bonds. The van der Waals surface area contributed by atoms with Crippen LogP contribution in [0.15, 0.2) is 0 Å². The molecular formula is C12H25NO. The van der Waals surface area contributed by atoms with Crippen LogP contribution in [0.2, 0.25) is 0 Å². The summed E-state index contributed by atoms with van der Waals surface area (Å²) in [6.07, 6.45) is 5.11. The van der Waals surface area contributed by atoms with Crippen LogP contribution in [0.4, 0.5) is 0 Å². The molecule has 2 heteroatoms. The van der Waals surface area contributed by atoms with E-state index in [1.54, 1.807) is 0 Å². The molecule has 0 saturated heterocycles. The lowest BCUT2D eigenvalue weighted by Crippen LogP contribution is -2.38. The quantitative estimate of drug-likeness (QED) is 0.727. The fraction of sp³-hybridized carbons (Fsp3) is 1.00. The first kappa shape index (κ1) is 12.0. The maximum absolute atomic E-state index is 9.20. The van der Waals surface area contributed by atoms with Crippen molar-refractivity contribution in [2.75, 3.05) is 6.54 Å². The fourth-order valence-corrected chi connectivity index (χ4v) is 2.36. The molecule has 0 bridgehead atoms. The average molecular weight is 199 g/mol. The Morgan fingerprint density at radius 3 is 2.57 bits per heavy atom. The highest BCUT2D eigenvalue weighted by Gasteiger charge is 2.23. The Balaban J connectivity index is 2.25.